The zero-order chi connectivity index (χ0) is 15.6. The van der Waals surface area contributed by atoms with Gasteiger partial charge < -0.3 is 5.73 Å². The maximum Gasteiger partial charge on any atom is 0.242 e. The molecule has 1 heterocycles. The summed E-state index contributed by atoms with van der Waals surface area (Å²) >= 11 is 3.07. The van der Waals surface area contributed by atoms with Crippen molar-refractivity contribution in [3.8, 4) is 0 Å². The highest BCUT2D eigenvalue weighted by Gasteiger charge is 2.17. The molecule has 0 amide bonds. The fourth-order valence-corrected chi connectivity index (χ4v) is 4.63. The zero-order valence-electron chi connectivity index (χ0n) is 12.0. The van der Waals surface area contributed by atoms with Gasteiger partial charge in [-0.2, -0.15) is 0 Å². The van der Waals surface area contributed by atoms with Crippen LogP contribution in [0.3, 0.4) is 0 Å². The summed E-state index contributed by atoms with van der Waals surface area (Å²) in [7, 11) is -0.336. The van der Waals surface area contributed by atoms with Crippen LogP contribution in [-0.2, 0) is 15.8 Å². The molecule has 0 aliphatic carbocycles. The molecule has 0 fully saturated rings. The number of aryl methyl sites for hydroxylation is 1. The molecule has 0 saturated carbocycles. The van der Waals surface area contributed by atoms with Gasteiger partial charge in [-0.25, -0.2) is 17.7 Å². The normalized spacial score (nSPS) is 12.0. The summed E-state index contributed by atoms with van der Waals surface area (Å²) in [6.07, 6.45) is 0. The third kappa shape index (κ3) is 3.76. The highest BCUT2D eigenvalue weighted by Crippen LogP contribution is 2.33. The molecule has 0 unspecified atom stereocenters. The van der Waals surface area contributed by atoms with E-state index in [2.05, 4.69) is 4.98 Å². The van der Waals surface area contributed by atoms with Crippen LogP contribution < -0.4 is 5.73 Å². The van der Waals surface area contributed by atoms with Crippen molar-refractivity contribution in [3.05, 3.63) is 35.5 Å². The first-order valence-corrected chi connectivity index (χ1v) is 9.42. The summed E-state index contributed by atoms with van der Waals surface area (Å²) < 4.78 is 26.5. The Morgan fingerprint density at radius 3 is 2.67 bits per heavy atom. The molecule has 0 spiro atoms. The quantitative estimate of drug-likeness (QED) is 0.845. The van der Waals surface area contributed by atoms with Crippen molar-refractivity contribution >= 4 is 38.3 Å². The Kier molecular flexibility index (Phi) is 4.92. The van der Waals surface area contributed by atoms with Crippen molar-refractivity contribution < 1.29 is 8.42 Å². The summed E-state index contributed by atoms with van der Waals surface area (Å²) in [4.78, 5) is 4.49. The lowest BCUT2D eigenvalue weighted by Crippen LogP contribution is -2.22. The first kappa shape index (κ1) is 16.3. The number of thioether (sulfide) groups is 1. The number of sulfonamides is 1. The Balaban J connectivity index is 2.17. The fourth-order valence-electron chi connectivity index (χ4n) is 1.69. The highest BCUT2D eigenvalue weighted by atomic mass is 32.2. The molecular formula is C13H17N3O2S3. The molecule has 0 saturated heterocycles. The van der Waals surface area contributed by atoms with Gasteiger partial charge in [0.2, 0.25) is 10.0 Å². The summed E-state index contributed by atoms with van der Waals surface area (Å²) in [6, 6.07) is 7.00. The molecule has 0 aliphatic heterocycles. The number of aromatic nitrogens is 1. The van der Waals surface area contributed by atoms with Gasteiger partial charge in [-0.05, 0) is 24.6 Å². The first-order chi connectivity index (χ1) is 9.80. The van der Waals surface area contributed by atoms with Crippen LogP contribution in [0.4, 0.5) is 5.13 Å². The predicted molar refractivity (Wildman–Crippen MR) is 88.1 cm³/mol. The van der Waals surface area contributed by atoms with E-state index in [0.29, 0.717) is 15.8 Å². The van der Waals surface area contributed by atoms with E-state index in [1.807, 2.05) is 13.0 Å². The molecule has 0 bridgehead atoms. The number of thiazole rings is 1. The van der Waals surface area contributed by atoms with E-state index in [4.69, 9.17) is 5.73 Å². The van der Waals surface area contributed by atoms with Gasteiger partial charge in [0, 0.05) is 19.8 Å². The van der Waals surface area contributed by atoms with Crippen molar-refractivity contribution in [2.45, 2.75) is 21.8 Å². The number of anilines is 1. The molecule has 0 aliphatic rings. The summed E-state index contributed by atoms with van der Waals surface area (Å²) in [5, 5.41) is 0.555. The average Bonchev–Trinajstić information content (AvgIpc) is 2.75. The number of nitrogen functional groups attached to an aromatic ring is 1. The molecule has 114 valence electrons. The van der Waals surface area contributed by atoms with Gasteiger partial charge in [0.25, 0.3) is 0 Å². The van der Waals surface area contributed by atoms with Crippen molar-refractivity contribution in [1.82, 2.24) is 9.29 Å². The van der Waals surface area contributed by atoms with E-state index in [0.717, 1.165) is 15.5 Å². The van der Waals surface area contributed by atoms with Gasteiger partial charge in [0.1, 0.15) is 0 Å². The second-order valence-electron chi connectivity index (χ2n) is 4.65. The monoisotopic (exact) mass is 343 g/mol. The van der Waals surface area contributed by atoms with Crippen LogP contribution in [0.5, 0.6) is 0 Å². The number of hydrogen-bond acceptors (Lipinski definition) is 6. The Hall–Kier alpha value is -1.09. The van der Waals surface area contributed by atoms with Crippen LogP contribution in [0.2, 0.25) is 0 Å². The molecule has 1 aromatic carbocycles. The van der Waals surface area contributed by atoms with E-state index in [1.54, 1.807) is 30.0 Å². The van der Waals surface area contributed by atoms with E-state index >= 15 is 0 Å². The van der Waals surface area contributed by atoms with Crippen molar-refractivity contribution in [3.63, 3.8) is 0 Å². The topological polar surface area (TPSA) is 76.3 Å². The fraction of sp³-hybridized carbons (Fsp3) is 0.308. The summed E-state index contributed by atoms with van der Waals surface area (Å²) in [6.45, 7) is 1.92. The Labute approximate surface area is 133 Å². The third-order valence-corrected chi connectivity index (χ3v) is 7.05. The van der Waals surface area contributed by atoms with Gasteiger partial charge in [-0.15, -0.1) is 11.8 Å². The lowest BCUT2D eigenvalue weighted by Gasteiger charge is -2.12. The van der Waals surface area contributed by atoms with Gasteiger partial charge in [0.05, 0.1) is 14.8 Å². The second-order valence-corrected chi connectivity index (χ2v) is 9.07. The predicted octanol–water partition coefficient (Wildman–Crippen LogP) is 2.58. The minimum atomic E-state index is -3.39. The Morgan fingerprint density at radius 1 is 1.38 bits per heavy atom. The largest absolute Gasteiger partial charge is 0.375 e. The van der Waals surface area contributed by atoms with Gasteiger partial charge >= 0.3 is 0 Å². The molecule has 2 rings (SSSR count). The molecule has 2 N–H and O–H groups in total. The molecular weight excluding hydrogens is 326 g/mol. The number of hydrogen-bond donors (Lipinski definition) is 1. The second kappa shape index (κ2) is 6.35. The van der Waals surface area contributed by atoms with Crippen LogP contribution in [0.25, 0.3) is 0 Å². The van der Waals surface area contributed by atoms with E-state index in [-0.39, 0.29) is 0 Å². The molecule has 0 atom stereocenters. The Bertz CT molecular complexity index is 739. The summed E-state index contributed by atoms with van der Waals surface area (Å²) in [5.74, 6) is 0.680. The van der Waals surface area contributed by atoms with Crippen molar-refractivity contribution in [2.24, 2.45) is 0 Å². The molecule has 2 aromatic rings. The molecule has 0 radical (unpaired) electrons. The molecule has 5 nitrogen and oxygen atoms in total. The average molecular weight is 343 g/mol. The van der Waals surface area contributed by atoms with E-state index in [9.17, 15) is 8.42 Å². The minimum absolute atomic E-state index is 0.311. The van der Waals surface area contributed by atoms with Crippen LogP contribution in [0, 0.1) is 6.92 Å². The minimum Gasteiger partial charge on any atom is -0.375 e. The van der Waals surface area contributed by atoms with E-state index in [1.165, 1.54) is 29.7 Å². The zero-order valence-corrected chi connectivity index (χ0v) is 14.5. The SMILES string of the molecule is Cc1nc(N)sc1SCc1cccc(S(=O)(=O)N(C)C)c1. The number of rotatable bonds is 5. The van der Waals surface area contributed by atoms with Gasteiger partial charge in [-0.3, -0.25) is 0 Å². The van der Waals surface area contributed by atoms with Gasteiger partial charge in [-0.1, -0.05) is 23.5 Å². The van der Waals surface area contributed by atoms with Crippen LogP contribution in [0.1, 0.15) is 11.3 Å². The maximum absolute atomic E-state index is 12.1. The summed E-state index contributed by atoms with van der Waals surface area (Å²) in [5.41, 5.74) is 7.54. The third-order valence-electron chi connectivity index (χ3n) is 2.82. The van der Waals surface area contributed by atoms with Crippen LogP contribution in [-0.4, -0.2) is 31.8 Å². The van der Waals surface area contributed by atoms with Crippen molar-refractivity contribution in [2.75, 3.05) is 19.8 Å². The first-order valence-electron chi connectivity index (χ1n) is 6.18. The smallest absolute Gasteiger partial charge is 0.242 e. The lowest BCUT2D eigenvalue weighted by atomic mass is 10.2. The maximum atomic E-state index is 12.1. The lowest BCUT2D eigenvalue weighted by molar-refractivity contribution is 0.520. The number of nitrogens with two attached hydrogens (primary N) is 1. The van der Waals surface area contributed by atoms with Crippen LogP contribution >= 0.6 is 23.1 Å². The van der Waals surface area contributed by atoms with Crippen LogP contribution in [0.15, 0.2) is 33.4 Å². The number of nitrogens with zero attached hydrogens (tertiary/aromatic N) is 2. The van der Waals surface area contributed by atoms with E-state index < -0.39 is 10.0 Å². The Morgan fingerprint density at radius 2 is 2.10 bits per heavy atom. The molecule has 1 aromatic heterocycles. The van der Waals surface area contributed by atoms with Gasteiger partial charge in [0.15, 0.2) is 5.13 Å². The van der Waals surface area contributed by atoms with Crippen molar-refractivity contribution in [1.29, 1.82) is 0 Å². The standard InChI is InChI=1S/C13H17N3O2S3/c1-9-12(20-13(14)15-9)19-8-10-5-4-6-11(7-10)21(17,18)16(2)3/h4-7H,8H2,1-3H3,(H2,14,15). The number of benzene rings is 1. The molecule has 8 heteroatoms. The highest BCUT2D eigenvalue weighted by molar-refractivity contribution is 8.00. The molecule has 21 heavy (non-hydrogen) atoms.